The van der Waals surface area contributed by atoms with Gasteiger partial charge in [-0.1, -0.05) is 12.1 Å². The number of hydrogen-bond acceptors (Lipinski definition) is 5. The predicted octanol–water partition coefficient (Wildman–Crippen LogP) is 6.13. The molecular weight excluding hydrogens is 487 g/mol. The summed E-state index contributed by atoms with van der Waals surface area (Å²) >= 11 is 0. The molecule has 9 heteroatoms. The first kappa shape index (κ1) is 25.8. The van der Waals surface area contributed by atoms with Crippen LogP contribution >= 0.6 is 0 Å². The van der Waals surface area contributed by atoms with Crippen LogP contribution in [0, 0.1) is 6.92 Å². The summed E-state index contributed by atoms with van der Waals surface area (Å²) in [6.45, 7) is 5.50. The van der Waals surface area contributed by atoms with Crippen molar-refractivity contribution in [2.45, 2.75) is 39.1 Å². The van der Waals surface area contributed by atoms with Crippen molar-refractivity contribution >= 4 is 23.1 Å². The van der Waals surface area contributed by atoms with Crippen LogP contribution in [0.15, 0.2) is 72.3 Å². The van der Waals surface area contributed by atoms with Crippen LogP contribution in [-0.2, 0) is 15.8 Å². The van der Waals surface area contributed by atoms with Gasteiger partial charge >= 0.3 is 6.18 Å². The number of ether oxygens (including phenoxy) is 1. The second-order valence-electron chi connectivity index (χ2n) is 8.96. The Kier molecular flexibility index (Phi) is 6.73. The largest absolute Gasteiger partial charge is 0.508 e. The quantitative estimate of drug-likeness (QED) is 0.244. The molecular formula is C28H24F3NO5. The molecule has 1 unspecified atom stereocenters. The second kappa shape index (κ2) is 9.65. The van der Waals surface area contributed by atoms with Crippen LogP contribution in [-0.4, -0.2) is 28.0 Å². The molecule has 0 aliphatic carbocycles. The number of amides is 1. The molecule has 6 nitrogen and oxygen atoms in total. The lowest BCUT2D eigenvalue weighted by Crippen LogP contribution is -2.29. The van der Waals surface area contributed by atoms with E-state index in [1.807, 2.05) is 13.8 Å². The predicted molar refractivity (Wildman–Crippen MR) is 131 cm³/mol. The molecule has 37 heavy (non-hydrogen) atoms. The first-order chi connectivity index (χ1) is 17.4. The minimum atomic E-state index is -4.58. The SMILES string of the molecule is Cc1cc(/C(O)=C2/C(=O)C(=O)N(c3ccc(C(F)(F)F)cc3)C2c2cccc(O)c2)ccc1OC(C)C. The maximum Gasteiger partial charge on any atom is 0.416 e. The number of aliphatic hydroxyl groups excluding tert-OH is 1. The molecule has 1 fully saturated rings. The fraction of sp³-hybridized carbons (Fsp3) is 0.214. The van der Waals surface area contributed by atoms with Gasteiger partial charge in [0.05, 0.1) is 23.3 Å². The molecule has 1 aliphatic heterocycles. The molecule has 1 atom stereocenters. The molecule has 3 aromatic rings. The zero-order valence-electron chi connectivity index (χ0n) is 20.2. The second-order valence-corrected chi connectivity index (χ2v) is 8.96. The standard InChI is InChI=1S/C28H24F3NO5/c1-15(2)37-22-12-7-18(13-16(22)3)25(34)23-24(17-5-4-6-21(33)14-17)32(27(36)26(23)35)20-10-8-19(9-11-20)28(29,30)31/h4-15,24,33-34H,1-3H3/b25-23-. The van der Waals surface area contributed by atoms with Gasteiger partial charge in [0.1, 0.15) is 17.3 Å². The number of anilines is 1. The lowest BCUT2D eigenvalue weighted by Gasteiger charge is -2.26. The van der Waals surface area contributed by atoms with Crippen molar-refractivity contribution in [3.05, 3.63) is 94.6 Å². The molecule has 1 heterocycles. The van der Waals surface area contributed by atoms with Crippen molar-refractivity contribution in [2.75, 3.05) is 4.90 Å². The Bertz CT molecular complexity index is 1390. The van der Waals surface area contributed by atoms with Crippen LogP contribution in [0.25, 0.3) is 5.76 Å². The fourth-order valence-corrected chi connectivity index (χ4v) is 4.26. The van der Waals surface area contributed by atoms with E-state index in [1.54, 1.807) is 31.2 Å². The number of halogens is 3. The third-order valence-corrected chi connectivity index (χ3v) is 5.91. The van der Waals surface area contributed by atoms with E-state index >= 15 is 0 Å². The number of aliphatic hydroxyl groups is 1. The van der Waals surface area contributed by atoms with Gasteiger partial charge in [0, 0.05) is 11.3 Å². The molecule has 4 rings (SSSR count). The van der Waals surface area contributed by atoms with Crippen LogP contribution < -0.4 is 9.64 Å². The van der Waals surface area contributed by atoms with Crippen molar-refractivity contribution < 1.29 is 37.7 Å². The maximum absolute atomic E-state index is 13.2. The number of phenolic OH excluding ortho intramolecular Hbond substituents is 1. The van der Waals surface area contributed by atoms with Crippen molar-refractivity contribution in [3.63, 3.8) is 0 Å². The highest BCUT2D eigenvalue weighted by Crippen LogP contribution is 2.43. The molecule has 1 amide bonds. The van der Waals surface area contributed by atoms with Crippen molar-refractivity contribution in [3.8, 4) is 11.5 Å². The Hall–Kier alpha value is -4.27. The number of carbonyl (C=O) groups excluding carboxylic acids is 2. The number of Topliss-reactive ketones (excluding diaryl/α,β-unsaturated/α-hetero) is 1. The minimum absolute atomic E-state index is 0.0272. The van der Waals surface area contributed by atoms with E-state index in [9.17, 15) is 33.0 Å². The first-order valence-electron chi connectivity index (χ1n) is 11.4. The summed E-state index contributed by atoms with van der Waals surface area (Å²) in [4.78, 5) is 27.4. The number of phenols is 1. The van der Waals surface area contributed by atoms with Crippen LogP contribution in [0.2, 0.25) is 0 Å². The Balaban J connectivity index is 1.88. The van der Waals surface area contributed by atoms with Crippen molar-refractivity contribution in [1.29, 1.82) is 0 Å². The third kappa shape index (κ3) is 5.02. The van der Waals surface area contributed by atoms with Gasteiger partial charge in [0.2, 0.25) is 0 Å². The topological polar surface area (TPSA) is 87.1 Å². The Morgan fingerprint density at radius 2 is 1.68 bits per heavy atom. The normalized spacial score (nSPS) is 17.5. The van der Waals surface area contributed by atoms with Gasteiger partial charge in [-0.3, -0.25) is 14.5 Å². The van der Waals surface area contributed by atoms with Gasteiger partial charge in [-0.15, -0.1) is 0 Å². The fourth-order valence-electron chi connectivity index (χ4n) is 4.26. The minimum Gasteiger partial charge on any atom is -0.508 e. The van der Waals surface area contributed by atoms with Crippen molar-refractivity contribution in [2.24, 2.45) is 0 Å². The van der Waals surface area contributed by atoms with Crippen LogP contribution in [0.4, 0.5) is 18.9 Å². The Morgan fingerprint density at radius 3 is 2.24 bits per heavy atom. The van der Waals surface area contributed by atoms with Crippen LogP contribution in [0.1, 0.15) is 42.1 Å². The molecule has 1 aliphatic rings. The molecule has 2 N–H and O–H groups in total. The highest BCUT2D eigenvalue weighted by molar-refractivity contribution is 6.51. The summed E-state index contributed by atoms with van der Waals surface area (Å²) in [5, 5.41) is 21.3. The van der Waals surface area contributed by atoms with Gasteiger partial charge < -0.3 is 14.9 Å². The monoisotopic (exact) mass is 511 g/mol. The number of alkyl halides is 3. The van der Waals surface area contributed by atoms with E-state index in [0.717, 1.165) is 29.2 Å². The van der Waals surface area contributed by atoms with Gasteiger partial charge in [0.15, 0.2) is 0 Å². The number of ketones is 1. The molecule has 192 valence electrons. The average molecular weight is 511 g/mol. The molecule has 0 bridgehead atoms. The smallest absolute Gasteiger partial charge is 0.416 e. The van der Waals surface area contributed by atoms with E-state index < -0.39 is 35.2 Å². The molecule has 0 spiro atoms. The zero-order chi connectivity index (χ0) is 27.1. The highest BCUT2D eigenvalue weighted by Gasteiger charge is 2.47. The number of nitrogens with zero attached hydrogens (tertiary/aromatic N) is 1. The third-order valence-electron chi connectivity index (χ3n) is 5.91. The van der Waals surface area contributed by atoms with Gasteiger partial charge in [-0.2, -0.15) is 13.2 Å². The molecule has 1 saturated heterocycles. The lowest BCUT2D eigenvalue weighted by atomic mass is 9.94. The first-order valence-corrected chi connectivity index (χ1v) is 11.4. The molecule has 3 aromatic carbocycles. The average Bonchev–Trinajstić information content (AvgIpc) is 3.09. The van der Waals surface area contributed by atoms with Crippen molar-refractivity contribution in [1.82, 2.24) is 0 Å². The molecule has 0 radical (unpaired) electrons. The zero-order valence-corrected chi connectivity index (χ0v) is 20.2. The van der Waals surface area contributed by atoms with E-state index in [1.165, 1.54) is 18.2 Å². The van der Waals surface area contributed by atoms with Crippen LogP contribution in [0.3, 0.4) is 0 Å². The summed E-state index contributed by atoms with van der Waals surface area (Å²) in [7, 11) is 0. The van der Waals surface area contributed by atoms with Gasteiger partial charge in [-0.25, -0.2) is 0 Å². The van der Waals surface area contributed by atoms with E-state index in [-0.39, 0.29) is 34.2 Å². The van der Waals surface area contributed by atoms with E-state index in [4.69, 9.17) is 4.74 Å². The molecule has 0 saturated carbocycles. The van der Waals surface area contributed by atoms with Gasteiger partial charge in [0.25, 0.3) is 11.7 Å². The number of aromatic hydroxyl groups is 1. The van der Waals surface area contributed by atoms with Gasteiger partial charge in [-0.05, 0) is 86.5 Å². The number of carbonyl (C=O) groups is 2. The van der Waals surface area contributed by atoms with E-state index in [2.05, 4.69) is 0 Å². The summed E-state index contributed by atoms with van der Waals surface area (Å²) in [6.07, 6.45) is -4.67. The maximum atomic E-state index is 13.2. The number of benzene rings is 3. The van der Waals surface area contributed by atoms with Crippen LogP contribution in [0.5, 0.6) is 11.5 Å². The number of aryl methyl sites for hydroxylation is 1. The summed E-state index contributed by atoms with van der Waals surface area (Å²) in [5.41, 5.74) is 0.0811. The number of rotatable bonds is 5. The summed E-state index contributed by atoms with van der Waals surface area (Å²) < 4.78 is 45.0. The van der Waals surface area contributed by atoms with E-state index in [0.29, 0.717) is 11.3 Å². The lowest BCUT2D eigenvalue weighted by molar-refractivity contribution is -0.137. The highest BCUT2D eigenvalue weighted by atomic mass is 19.4. The summed E-state index contributed by atoms with van der Waals surface area (Å²) in [5.74, 6) is -2.06. The molecule has 0 aromatic heterocycles. The summed E-state index contributed by atoms with van der Waals surface area (Å²) in [6, 6.07) is 13.2. The Morgan fingerprint density at radius 1 is 1.00 bits per heavy atom. The Labute approximate surface area is 211 Å². The number of hydrogen-bond donors (Lipinski definition) is 2.